The minimum absolute atomic E-state index is 0.0319. The van der Waals surface area contributed by atoms with Gasteiger partial charge in [-0.25, -0.2) is 0 Å². The molecule has 0 N–H and O–H groups in total. The number of ether oxygens (including phenoxy) is 2. The highest BCUT2D eigenvalue weighted by Crippen LogP contribution is 2.56. The smallest absolute Gasteiger partial charge is 0.308 e. The van der Waals surface area contributed by atoms with Gasteiger partial charge in [0.1, 0.15) is 6.10 Å². The third-order valence-corrected chi connectivity index (χ3v) is 4.80. The summed E-state index contributed by atoms with van der Waals surface area (Å²) in [5.41, 5.74) is -0.0846. The minimum Gasteiger partial charge on any atom is -0.469 e. The van der Waals surface area contributed by atoms with Crippen LogP contribution in [0.15, 0.2) is 0 Å². The highest BCUT2D eigenvalue weighted by molar-refractivity contribution is 5.73. The number of carbonyl (C=O) groups is 2. The van der Waals surface area contributed by atoms with Crippen LogP contribution in [0.4, 0.5) is 0 Å². The fourth-order valence-electron chi connectivity index (χ4n) is 4.01. The standard InChI is InChI=1S/C14H22O4/c1-8-6-14(3)7-11(13(16)17-4)10(8)5-12(14)18-9(2)15/h8,10-12H,5-7H2,1-4H3/t8-,10-,11-,12-,14+/m1/s1. The van der Waals surface area contributed by atoms with Crippen LogP contribution in [0.25, 0.3) is 0 Å². The van der Waals surface area contributed by atoms with Gasteiger partial charge >= 0.3 is 11.9 Å². The first-order valence-corrected chi connectivity index (χ1v) is 6.62. The minimum atomic E-state index is -0.226. The summed E-state index contributed by atoms with van der Waals surface area (Å²) in [7, 11) is 1.45. The van der Waals surface area contributed by atoms with Crippen LogP contribution in [-0.2, 0) is 19.1 Å². The molecule has 18 heavy (non-hydrogen) atoms. The number of hydrogen-bond donors (Lipinski definition) is 0. The normalized spacial score (nSPS) is 42.4. The predicted octanol–water partition coefficient (Wildman–Crippen LogP) is 2.16. The highest BCUT2D eigenvalue weighted by Gasteiger charge is 2.55. The summed E-state index contributed by atoms with van der Waals surface area (Å²) in [4.78, 5) is 23.0. The Labute approximate surface area is 108 Å². The van der Waals surface area contributed by atoms with Crippen molar-refractivity contribution in [3.05, 3.63) is 0 Å². The maximum Gasteiger partial charge on any atom is 0.308 e. The van der Waals surface area contributed by atoms with Gasteiger partial charge in [-0.1, -0.05) is 13.8 Å². The maximum absolute atomic E-state index is 11.8. The lowest BCUT2D eigenvalue weighted by molar-refractivity contribution is -0.183. The Balaban J connectivity index is 2.20. The molecule has 3 aliphatic rings. The summed E-state index contributed by atoms with van der Waals surface area (Å²) in [6.07, 6.45) is 2.53. The van der Waals surface area contributed by atoms with Gasteiger partial charge in [-0.2, -0.15) is 0 Å². The zero-order valence-corrected chi connectivity index (χ0v) is 11.6. The molecule has 0 heterocycles. The van der Waals surface area contributed by atoms with Crippen LogP contribution in [0, 0.1) is 23.2 Å². The zero-order chi connectivity index (χ0) is 13.5. The quantitative estimate of drug-likeness (QED) is 0.709. The molecule has 0 amide bonds. The number of carbonyl (C=O) groups excluding carboxylic acids is 2. The van der Waals surface area contributed by atoms with Gasteiger partial charge in [0, 0.05) is 12.3 Å². The van der Waals surface area contributed by atoms with E-state index in [2.05, 4.69) is 13.8 Å². The molecule has 5 atom stereocenters. The van der Waals surface area contributed by atoms with Crippen molar-refractivity contribution >= 4 is 11.9 Å². The van der Waals surface area contributed by atoms with E-state index in [0.717, 1.165) is 19.3 Å². The second-order valence-corrected chi connectivity index (χ2v) is 6.17. The first-order chi connectivity index (χ1) is 8.37. The molecule has 3 rings (SSSR count). The van der Waals surface area contributed by atoms with Crippen molar-refractivity contribution < 1.29 is 19.1 Å². The molecule has 4 heteroatoms. The molecule has 0 unspecified atom stereocenters. The molecule has 0 radical (unpaired) electrons. The molecule has 0 saturated heterocycles. The van der Waals surface area contributed by atoms with E-state index in [1.54, 1.807) is 0 Å². The van der Waals surface area contributed by atoms with Crippen molar-refractivity contribution in [1.29, 1.82) is 0 Å². The Kier molecular flexibility index (Phi) is 3.39. The largest absolute Gasteiger partial charge is 0.469 e. The number of esters is 2. The maximum atomic E-state index is 11.8. The lowest BCUT2D eigenvalue weighted by Gasteiger charge is -2.55. The van der Waals surface area contributed by atoms with E-state index in [4.69, 9.17) is 9.47 Å². The summed E-state index contributed by atoms with van der Waals surface area (Å²) >= 11 is 0. The molecule has 0 spiro atoms. The lowest BCUT2D eigenvalue weighted by atomic mass is 9.52. The average molecular weight is 254 g/mol. The van der Waals surface area contributed by atoms with Gasteiger partial charge in [-0.3, -0.25) is 9.59 Å². The van der Waals surface area contributed by atoms with Gasteiger partial charge < -0.3 is 9.47 Å². The van der Waals surface area contributed by atoms with Crippen molar-refractivity contribution in [2.45, 2.75) is 46.1 Å². The Morgan fingerprint density at radius 1 is 1.28 bits per heavy atom. The van der Waals surface area contributed by atoms with E-state index in [9.17, 15) is 9.59 Å². The van der Waals surface area contributed by atoms with Crippen LogP contribution in [-0.4, -0.2) is 25.2 Å². The van der Waals surface area contributed by atoms with E-state index in [1.165, 1.54) is 14.0 Å². The van der Waals surface area contributed by atoms with Crippen LogP contribution in [0.5, 0.6) is 0 Å². The van der Waals surface area contributed by atoms with Gasteiger partial charge in [0.05, 0.1) is 13.0 Å². The molecule has 2 bridgehead atoms. The molecule has 0 aromatic carbocycles. The fraction of sp³-hybridized carbons (Fsp3) is 0.857. The van der Waals surface area contributed by atoms with E-state index >= 15 is 0 Å². The van der Waals surface area contributed by atoms with Gasteiger partial charge in [0.15, 0.2) is 0 Å². The molecule has 4 nitrogen and oxygen atoms in total. The van der Waals surface area contributed by atoms with Crippen molar-refractivity contribution in [2.75, 3.05) is 7.11 Å². The monoisotopic (exact) mass is 254 g/mol. The first-order valence-electron chi connectivity index (χ1n) is 6.62. The molecule has 0 aromatic rings. The molecular weight excluding hydrogens is 232 g/mol. The van der Waals surface area contributed by atoms with E-state index in [1.807, 2.05) is 0 Å². The van der Waals surface area contributed by atoms with Crippen LogP contribution >= 0.6 is 0 Å². The van der Waals surface area contributed by atoms with E-state index in [0.29, 0.717) is 5.92 Å². The Hall–Kier alpha value is -1.06. The summed E-state index contributed by atoms with van der Waals surface area (Å²) in [6, 6.07) is 0. The number of methoxy groups -OCH3 is 1. The Morgan fingerprint density at radius 3 is 2.44 bits per heavy atom. The summed E-state index contributed by atoms with van der Waals surface area (Å²) in [5.74, 6) is 0.397. The van der Waals surface area contributed by atoms with E-state index in [-0.39, 0.29) is 35.3 Å². The van der Waals surface area contributed by atoms with Gasteiger partial charge in [0.2, 0.25) is 0 Å². The third-order valence-electron chi connectivity index (χ3n) is 4.80. The highest BCUT2D eigenvalue weighted by atomic mass is 16.5. The predicted molar refractivity (Wildman–Crippen MR) is 65.7 cm³/mol. The fourth-order valence-corrected chi connectivity index (χ4v) is 4.01. The molecule has 3 saturated carbocycles. The van der Waals surface area contributed by atoms with Gasteiger partial charge in [-0.05, 0) is 31.1 Å². The molecule has 3 fully saturated rings. The molecule has 102 valence electrons. The Bertz CT molecular complexity index is 365. The van der Waals surface area contributed by atoms with Crippen molar-refractivity contribution in [3.8, 4) is 0 Å². The van der Waals surface area contributed by atoms with E-state index < -0.39 is 0 Å². The summed E-state index contributed by atoms with van der Waals surface area (Å²) in [6.45, 7) is 5.76. The zero-order valence-electron chi connectivity index (χ0n) is 11.6. The van der Waals surface area contributed by atoms with Gasteiger partial charge in [-0.15, -0.1) is 0 Å². The van der Waals surface area contributed by atoms with Crippen molar-refractivity contribution in [2.24, 2.45) is 23.2 Å². The number of hydrogen-bond acceptors (Lipinski definition) is 4. The second-order valence-electron chi connectivity index (χ2n) is 6.17. The number of rotatable bonds is 2. The second kappa shape index (κ2) is 4.56. The van der Waals surface area contributed by atoms with Crippen LogP contribution in [0.3, 0.4) is 0 Å². The third kappa shape index (κ3) is 2.13. The summed E-state index contributed by atoms with van der Waals surface area (Å²) in [5, 5.41) is 0. The molecule has 0 aromatic heterocycles. The van der Waals surface area contributed by atoms with Gasteiger partial charge in [0.25, 0.3) is 0 Å². The average Bonchev–Trinajstić information content (AvgIpc) is 2.28. The Morgan fingerprint density at radius 2 is 1.94 bits per heavy atom. The van der Waals surface area contributed by atoms with Crippen LogP contribution in [0.2, 0.25) is 0 Å². The van der Waals surface area contributed by atoms with Crippen molar-refractivity contribution in [3.63, 3.8) is 0 Å². The number of fused-ring (bicyclic) bond motifs is 3. The molecular formula is C14H22O4. The van der Waals surface area contributed by atoms with Crippen molar-refractivity contribution in [1.82, 2.24) is 0 Å². The topological polar surface area (TPSA) is 52.6 Å². The summed E-state index contributed by atoms with van der Waals surface area (Å²) < 4.78 is 10.4. The molecule has 3 aliphatic carbocycles. The SMILES string of the molecule is COC(=O)[C@@H]1C[C@]2(C)C[C@@H](C)[C@H]1C[C@H]2OC(C)=O. The van der Waals surface area contributed by atoms with Crippen LogP contribution in [0.1, 0.15) is 40.0 Å². The first kappa shape index (κ1) is 13.4. The van der Waals surface area contributed by atoms with Crippen LogP contribution < -0.4 is 0 Å². The lowest BCUT2D eigenvalue weighted by Crippen LogP contribution is -2.54. The molecule has 0 aliphatic heterocycles.